The van der Waals surface area contributed by atoms with E-state index >= 15 is 0 Å². The van der Waals surface area contributed by atoms with Gasteiger partial charge < -0.3 is 9.84 Å². The van der Waals surface area contributed by atoms with Crippen LogP contribution in [0.3, 0.4) is 0 Å². The van der Waals surface area contributed by atoms with E-state index in [0.29, 0.717) is 42.3 Å². The molecule has 6 heteroatoms. The molecule has 0 fully saturated rings. The second-order valence-electron chi connectivity index (χ2n) is 4.60. The number of carbonyl (C=O) groups is 1. The van der Waals surface area contributed by atoms with Crippen LogP contribution in [0.15, 0.2) is 30.5 Å². The first-order valence-corrected chi connectivity index (χ1v) is 6.79. The van der Waals surface area contributed by atoms with E-state index in [-0.39, 0.29) is 5.56 Å². The summed E-state index contributed by atoms with van der Waals surface area (Å²) in [5, 5.41) is 17.5. The van der Waals surface area contributed by atoms with Gasteiger partial charge in [0.2, 0.25) is 0 Å². The van der Waals surface area contributed by atoms with Gasteiger partial charge in [-0.25, -0.2) is 14.8 Å². The molecule has 0 aliphatic rings. The summed E-state index contributed by atoms with van der Waals surface area (Å²) in [5.74, 6) is -0.0219. The van der Waals surface area contributed by atoms with Gasteiger partial charge in [0.25, 0.3) is 0 Å². The normalized spacial score (nSPS) is 10.0. The standard InChI is InChI=1S/C16H15N3O3/c1-11-13(16(20)21)10-18-15(19-11)12-6-2-3-7-14(12)22-9-5-4-8-17/h2-3,6-7,10H,4-5,9H2,1H3,(H,20,21). The van der Waals surface area contributed by atoms with Crippen LogP contribution in [0.25, 0.3) is 11.4 Å². The van der Waals surface area contributed by atoms with Crippen molar-refractivity contribution in [3.63, 3.8) is 0 Å². The molecule has 6 nitrogen and oxygen atoms in total. The van der Waals surface area contributed by atoms with Gasteiger partial charge in [0, 0.05) is 12.6 Å². The number of hydrogen-bond donors (Lipinski definition) is 1. The SMILES string of the molecule is Cc1nc(-c2ccccc2OCCCC#N)ncc1C(=O)O. The van der Waals surface area contributed by atoms with E-state index in [1.54, 1.807) is 13.0 Å². The minimum Gasteiger partial charge on any atom is -0.493 e. The first-order valence-electron chi connectivity index (χ1n) is 6.79. The van der Waals surface area contributed by atoms with E-state index in [4.69, 9.17) is 15.1 Å². The van der Waals surface area contributed by atoms with Crippen molar-refractivity contribution in [3.8, 4) is 23.2 Å². The summed E-state index contributed by atoms with van der Waals surface area (Å²) in [6.07, 6.45) is 2.38. The number of nitrogens with zero attached hydrogens (tertiary/aromatic N) is 3. The second-order valence-corrected chi connectivity index (χ2v) is 4.60. The van der Waals surface area contributed by atoms with Gasteiger partial charge in [-0.05, 0) is 25.5 Å². The summed E-state index contributed by atoms with van der Waals surface area (Å²) in [7, 11) is 0. The molecule has 0 radical (unpaired) electrons. The molecule has 2 rings (SSSR count). The van der Waals surface area contributed by atoms with Gasteiger partial charge in [-0.3, -0.25) is 0 Å². The zero-order valence-corrected chi connectivity index (χ0v) is 12.1. The molecular formula is C16H15N3O3. The zero-order valence-electron chi connectivity index (χ0n) is 12.1. The number of aromatic carboxylic acids is 1. The van der Waals surface area contributed by atoms with Gasteiger partial charge in [0.1, 0.15) is 5.75 Å². The zero-order chi connectivity index (χ0) is 15.9. The van der Waals surface area contributed by atoms with Crippen LogP contribution in [0.4, 0.5) is 0 Å². The molecule has 1 aromatic carbocycles. The van der Waals surface area contributed by atoms with Gasteiger partial charge in [0.15, 0.2) is 5.82 Å². The van der Waals surface area contributed by atoms with Crippen LogP contribution < -0.4 is 4.74 Å². The molecule has 0 atom stereocenters. The lowest BCUT2D eigenvalue weighted by molar-refractivity contribution is 0.0695. The first kappa shape index (κ1) is 15.4. The van der Waals surface area contributed by atoms with Crippen molar-refractivity contribution < 1.29 is 14.6 Å². The highest BCUT2D eigenvalue weighted by atomic mass is 16.5. The molecule has 0 aliphatic heterocycles. The highest BCUT2D eigenvalue weighted by Gasteiger charge is 2.13. The van der Waals surface area contributed by atoms with Crippen LogP contribution in [0, 0.1) is 18.3 Å². The minimum absolute atomic E-state index is 0.0798. The molecule has 22 heavy (non-hydrogen) atoms. The molecule has 2 aromatic rings. The predicted octanol–water partition coefficient (Wildman–Crippen LogP) is 2.83. The molecule has 0 saturated carbocycles. The Balaban J connectivity index is 2.27. The molecule has 0 unspecified atom stereocenters. The molecule has 0 saturated heterocycles. The molecule has 112 valence electrons. The average molecular weight is 297 g/mol. The number of carboxylic acids is 1. The van der Waals surface area contributed by atoms with Gasteiger partial charge in [-0.15, -0.1) is 0 Å². The maximum Gasteiger partial charge on any atom is 0.339 e. The number of ether oxygens (including phenoxy) is 1. The highest BCUT2D eigenvalue weighted by molar-refractivity contribution is 5.88. The maximum atomic E-state index is 11.0. The van der Waals surface area contributed by atoms with Gasteiger partial charge >= 0.3 is 5.97 Å². The molecule has 1 aromatic heterocycles. The number of benzene rings is 1. The smallest absolute Gasteiger partial charge is 0.339 e. The second kappa shape index (κ2) is 7.18. The Labute approximate surface area is 128 Å². The van der Waals surface area contributed by atoms with Gasteiger partial charge in [-0.2, -0.15) is 5.26 Å². The minimum atomic E-state index is -1.05. The van der Waals surface area contributed by atoms with Crippen LogP contribution in [-0.4, -0.2) is 27.7 Å². The van der Waals surface area contributed by atoms with E-state index in [9.17, 15) is 4.79 Å². The fourth-order valence-electron chi connectivity index (χ4n) is 1.92. The van der Waals surface area contributed by atoms with Crippen molar-refractivity contribution in [3.05, 3.63) is 41.7 Å². The number of carboxylic acid groups (broad SMARTS) is 1. The third-order valence-corrected chi connectivity index (χ3v) is 3.03. The number of aryl methyl sites for hydroxylation is 1. The molecule has 0 bridgehead atoms. The summed E-state index contributed by atoms with van der Waals surface area (Å²) in [5.41, 5.74) is 1.17. The Morgan fingerprint density at radius 1 is 1.41 bits per heavy atom. The Hall–Kier alpha value is -2.94. The number of aromatic nitrogens is 2. The van der Waals surface area contributed by atoms with Gasteiger partial charge in [-0.1, -0.05) is 12.1 Å². The Morgan fingerprint density at radius 2 is 2.18 bits per heavy atom. The van der Waals surface area contributed by atoms with Crippen LogP contribution in [0.5, 0.6) is 5.75 Å². The Kier molecular flexibility index (Phi) is 5.04. The fourth-order valence-corrected chi connectivity index (χ4v) is 1.92. The van der Waals surface area contributed by atoms with E-state index in [0.717, 1.165) is 0 Å². The third-order valence-electron chi connectivity index (χ3n) is 3.03. The van der Waals surface area contributed by atoms with Crippen molar-refractivity contribution in [2.45, 2.75) is 19.8 Å². The lowest BCUT2D eigenvalue weighted by Gasteiger charge is -2.10. The molecule has 0 spiro atoms. The van der Waals surface area contributed by atoms with Crippen LogP contribution >= 0.6 is 0 Å². The average Bonchev–Trinajstić information content (AvgIpc) is 2.51. The van der Waals surface area contributed by atoms with E-state index in [1.807, 2.05) is 18.2 Å². The quantitative estimate of drug-likeness (QED) is 0.823. The molecule has 0 amide bonds. The van der Waals surface area contributed by atoms with Crippen molar-refractivity contribution in [1.82, 2.24) is 9.97 Å². The topological polar surface area (TPSA) is 96.1 Å². The molecular weight excluding hydrogens is 282 g/mol. The van der Waals surface area contributed by atoms with Crippen molar-refractivity contribution >= 4 is 5.97 Å². The van der Waals surface area contributed by atoms with E-state index < -0.39 is 5.97 Å². The summed E-state index contributed by atoms with van der Waals surface area (Å²) in [6.45, 7) is 2.06. The summed E-state index contributed by atoms with van der Waals surface area (Å²) < 4.78 is 5.66. The molecule has 1 heterocycles. The van der Waals surface area contributed by atoms with Crippen molar-refractivity contribution in [2.24, 2.45) is 0 Å². The highest BCUT2D eigenvalue weighted by Crippen LogP contribution is 2.27. The number of unbranched alkanes of at least 4 members (excludes halogenated alkanes) is 1. The largest absolute Gasteiger partial charge is 0.493 e. The summed E-state index contributed by atoms with van der Waals surface area (Å²) in [4.78, 5) is 19.4. The van der Waals surface area contributed by atoms with Crippen LogP contribution in [-0.2, 0) is 0 Å². The lowest BCUT2D eigenvalue weighted by atomic mass is 10.1. The first-order chi connectivity index (χ1) is 10.6. The van der Waals surface area contributed by atoms with E-state index in [1.165, 1.54) is 6.20 Å². The molecule has 1 N–H and O–H groups in total. The fraction of sp³-hybridized carbons (Fsp3) is 0.250. The summed E-state index contributed by atoms with van der Waals surface area (Å²) >= 11 is 0. The van der Waals surface area contributed by atoms with E-state index in [2.05, 4.69) is 16.0 Å². The summed E-state index contributed by atoms with van der Waals surface area (Å²) in [6, 6.07) is 9.35. The maximum absolute atomic E-state index is 11.0. The van der Waals surface area contributed by atoms with Crippen molar-refractivity contribution in [2.75, 3.05) is 6.61 Å². The number of nitriles is 1. The predicted molar refractivity (Wildman–Crippen MR) is 79.5 cm³/mol. The lowest BCUT2D eigenvalue weighted by Crippen LogP contribution is -2.05. The van der Waals surface area contributed by atoms with Crippen LogP contribution in [0.1, 0.15) is 28.9 Å². The van der Waals surface area contributed by atoms with Crippen LogP contribution in [0.2, 0.25) is 0 Å². The third kappa shape index (κ3) is 3.58. The van der Waals surface area contributed by atoms with Crippen molar-refractivity contribution in [1.29, 1.82) is 5.26 Å². The van der Waals surface area contributed by atoms with Gasteiger partial charge in [0.05, 0.1) is 29.5 Å². The number of rotatable bonds is 6. The Morgan fingerprint density at radius 3 is 2.86 bits per heavy atom. The number of para-hydroxylation sites is 1. The number of hydrogen-bond acceptors (Lipinski definition) is 5. The monoisotopic (exact) mass is 297 g/mol. The molecule has 0 aliphatic carbocycles. The Bertz CT molecular complexity index is 723.